The Kier molecular flexibility index (Phi) is 3.72. The van der Waals surface area contributed by atoms with E-state index >= 15 is 0 Å². The van der Waals surface area contributed by atoms with Gasteiger partial charge in [-0.15, -0.1) is 0 Å². The van der Waals surface area contributed by atoms with Gasteiger partial charge in [-0.3, -0.25) is 4.79 Å². The number of likely N-dealkylation sites (tertiary alicyclic amines) is 1. The summed E-state index contributed by atoms with van der Waals surface area (Å²) in [7, 11) is 0. The van der Waals surface area contributed by atoms with Crippen molar-refractivity contribution in [2.45, 2.75) is 44.6 Å². The maximum Gasteiger partial charge on any atom is 0.257 e. The van der Waals surface area contributed by atoms with Crippen molar-refractivity contribution in [2.75, 3.05) is 6.54 Å². The maximum atomic E-state index is 13.8. The Balaban J connectivity index is 1.83. The lowest BCUT2D eigenvalue weighted by molar-refractivity contribution is 0.0683. The Morgan fingerprint density at radius 3 is 2.60 bits per heavy atom. The maximum absolute atomic E-state index is 13.8. The van der Waals surface area contributed by atoms with Gasteiger partial charge in [0.15, 0.2) is 11.6 Å². The van der Waals surface area contributed by atoms with Crippen molar-refractivity contribution < 1.29 is 13.6 Å². The third-order valence-electron chi connectivity index (χ3n) is 4.69. The van der Waals surface area contributed by atoms with Gasteiger partial charge in [0.25, 0.3) is 5.91 Å². The van der Waals surface area contributed by atoms with Crippen LogP contribution in [0.5, 0.6) is 0 Å². The predicted octanol–water partition coefficient (Wildman–Crippen LogP) is 3.76. The highest BCUT2D eigenvalue weighted by Crippen LogP contribution is 2.36. The van der Waals surface area contributed by atoms with E-state index in [9.17, 15) is 13.6 Å². The molecule has 2 fully saturated rings. The number of hydrogen-bond acceptors (Lipinski definition) is 1. The summed E-state index contributed by atoms with van der Waals surface area (Å²) in [5.74, 6) is -1.78. The molecule has 1 heterocycles. The van der Waals surface area contributed by atoms with E-state index in [1.54, 1.807) is 4.90 Å². The van der Waals surface area contributed by atoms with Gasteiger partial charge in [0.2, 0.25) is 0 Å². The minimum absolute atomic E-state index is 0.130. The Morgan fingerprint density at radius 1 is 1.10 bits per heavy atom. The van der Waals surface area contributed by atoms with E-state index in [2.05, 4.69) is 0 Å². The Hall–Kier alpha value is -1.45. The monoisotopic (exact) mass is 279 g/mol. The molecule has 4 heteroatoms. The second-order valence-corrected chi connectivity index (χ2v) is 5.85. The molecule has 0 spiro atoms. The van der Waals surface area contributed by atoms with Crippen LogP contribution in [0.3, 0.4) is 0 Å². The zero-order chi connectivity index (χ0) is 14.1. The summed E-state index contributed by atoms with van der Waals surface area (Å²) in [6, 6.07) is 4.04. The van der Waals surface area contributed by atoms with Crippen LogP contribution in [0.2, 0.25) is 0 Å². The molecule has 108 valence electrons. The number of carbonyl (C=O) groups is 1. The fourth-order valence-electron chi connectivity index (χ4n) is 3.70. The number of nitrogens with zero attached hydrogens (tertiary/aromatic N) is 1. The first kappa shape index (κ1) is 13.5. The van der Waals surface area contributed by atoms with Crippen molar-refractivity contribution in [3.05, 3.63) is 35.4 Å². The summed E-state index contributed by atoms with van der Waals surface area (Å²) in [5, 5.41) is 0. The molecule has 1 aromatic carbocycles. The average Bonchev–Trinajstić information content (AvgIpc) is 3.10. The Morgan fingerprint density at radius 2 is 1.85 bits per heavy atom. The highest BCUT2D eigenvalue weighted by Gasteiger charge is 2.37. The van der Waals surface area contributed by atoms with Crippen molar-refractivity contribution >= 4 is 5.91 Å². The molecule has 1 saturated heterocycles. The Labute approximate surface area is 117 Å². The number of halogens is 2. The quantitative estimate of drug-likeness (QED) is 0.807. The molecule has 1 atom stereocenters. The zero-order valence-corrected chi connectivity index (χ0v) is 11.4. The van der Waals surface area contributed by atoms with Gasteiger partial charge in [0, 0.05) is 12.6 Å². The lowest BCUT2D eigenvalue weighted by atomic mass is 9.95. The molecule has 1 aliphatic heterocycles. The van der Waals surface area contributed by atoms with E-state index in [1.165, 1.54) is 25.0 Å². The first-order valence-electron chi connectivity index (χ1n) is 7.43. The van der Waals surface area contributed by atoms with Crippen LogP contribution in [0.15, 0.2) is 18.2 Å². The van der Waals surface area contributed by atoms with Crippen molar-refractivity contribution in [3.8, 4) is 0 Å². The van der Waals surface area contributed by atoms with Gasteiger partial charge in [-0.05, 0) is 43.7 Å². The molecular weight excluding hydrogens is 260 g/mol. The minimum Gasteiger partial charge on any atom is -0.335 e. The van der Waals surface area contributed by atoms with Crippen molar-refractivity contribution in [1.29, 1.82) is 0 Å². The first-order chi connectivity index (χ1) is 9.68. The summed E-state index contributed by atoms with van der Waals surface area (Å²) in [6.45, 7) is 0.663. The number of carbonyl (C=O) groups excluding carboxylic acids is 1. The lowest BCUT2D eigenvalue weighted by Crippen LogP contribution is -2.39. The van der Waals surface area contributed by atoms with E-state index < -0.39 is 11.6 Å². The molecule has 3 rings (SSSR count). The standard InChI is InChI=1S/C16H19F2NO/c17-13-8-3-7-12(15(13)18)16(20)19-10-4-9-14(19)11-5-1-2-6-11/h3,7-8,11,14H,1-2,4-6,9-10H2. The fraction of sp³-hybridized carbons (Fsp3) is 0.562. The van der Waals surface area contributed by atoms with Crippen LogP contribution < -0.4 is 0 Å². The summed E-state index contributed by atoms with van der Waals surface area (Å²) in [4.78, 5) is 14.3. The van der Waals surface area contributed by atoms with Gasteiger partial charge in [-0.25, -0.2) is 8.78 Å². The van der Waals surface area contributed by atoms with Crippen LogP contribution in [0, 0.1) is 17.6 Å². The highest BCUT2D eigenvalue weighted by atomic mass is 19.2. The molecule has 20 heavy (non-hydrogen) atoms. The molecule has 0 N–H and O–H groups in total. The summed E-state index contributed by atoms with van der Waals surface area (Å²) < 4.78 is 27.1. The van der Waals surface area contributed by atoms with Gasteiger partial charge in [0.1, 0.15) is 0 Å². The second-order valence-electron chi connectivity index (χ2n) is 5.85. The normalized spacial score (nSPS) is 23.5. The largest absolute Gasteiger partial charge is 0.335 e. The molecule has 1 unspecified atom stereocenters. The van der Waals surface area contributed by atoms with Gasteiger partial charge in [-0.1, -0.05) is 18.9 Å². The van der Waals surface area contributed by atoms with Gasteiger partial charge in [0.05, 0.1) is 5.56 Å². The van der Waals surface area contributed by atoms with E-state index in [-0.39, 0.29) is 17.5 Å². The van der Waals surface area contributed by atoms with Crippen LogP contribution in [-0.4, -0.2) is 23.4 Å². The van der Waals surface area contributed by atoms with Crippen molar-refractivity contribution in [2.24, 2.45) is 5.92 Å². The SMILES string of the molecule is O=C(c1cccc(F)c1F)N1CCCC1C1CCCC1. The second kappa shape index (κ2) is 5.51. The average molecular weight is 279 g/mol. The number of amides is 1. The molecule has 1 aliphatic carbocycles. The molecule has 1 amide bonds. The van der Waals surface area contributed by atoms with Crippen LogP contribution in [0.25, 0.3) is 0 Å². The zero-order valence-electron chi connectivity index (χ0n) is 11.4. The van der Waals surface area contributed by atoms with Crippen molar-refractivity contribution in [3.63, 3.8) is 0 Å². The third-order valence-corrected chi connectivity index (χ3v) is 4.69. The van der Waals surface area contributed by atoms with Gasteiger partial charge >= 0.3 is 0 Å². The fourth-order valence-corrected chi connectivity index (χ4v) is 3.70. The number of benzene rings is 1. The molecule has 1 saturated carbocycles. The van der Waals surface area contributed by atoms with Crippen LogP contribution in [0.4, 0.5) is 8.78 Å². The topological polar surface area (TPSA) is 20.3 Å². The van der Waals surface area contributed by atoms with E-state index in [0.29, 0.717) is 12.5 Å². The first-order valence-corrected chi connectivity index (χ1v) is 7.43. The summed E-state index contributed by atoms with van der Waals surface area (Å²) >= 11 is 0. The Bertz CT molecular complexity index is 511. The third kappa shape index (κ3) is 2.32. The van der Waals surface area contributed by atoms with Gasteiger partial charge in [-0.2, -0.15) is 0 Å². The van der Waals surface area contributed by atoms with Crippen LogP contribution >= 0.6 is 0 Å². The highest BCUT2D eigenvalue weighted by molar-refractivity contribution is 5.94. The predicted molar refractivity (Wildman–Crippen MR) is 72.4 cm³/mol. The van der Waals surface area contributed by atoms with E-state index in [1.807, 2.05) is 0 Å². The lowest BCUT2D eigenvalue weighted by Gasteiger charge is -2.29. The van der Waals surface area contributed by atoms with Crippen LogP contribution in [-0.2, 0) is 0 Å². The molecule has 0 aromatic heterocycles. The van der Waals surface area contributed by atoms with E-state index in [0.717, 1.165) is 31.7 Å². The smallest absolute Gasteiger partial charge is 0.257 e. The number of rotatable bonds is 2. The summed E-state index contributed by atoms with van der Waals surface area (Å²) in [6.07, 6.45) is 6.70. The number of hydrogen-bond donors (Lipinski definition) is 0. The van der Waals surface area contributed by atoms with E-state index in [4.69, 9.17) is 0 Å². The van der Waals surface area contributed by atoms with Crippen molar-refractivity contribution in [1.82, 2.24) is 4.90 Å². The summed E-state index contributed by atoms with van der Waals surface area (Å²) in [5.41, 5.74) is -0.130. The molecular formula is C16H19F2NO. The molecule has 2 aliphatic rings. The molecule has 0 bridgehead atoms. The minimum atomic E-state index is -1.02. The molecule has 0 radical (unpaired) electrons. The molecule has 2 nitrogen and oxygen atoms in total. The van der Waals surface area contributed by atoms with Gasteiger partial charge < -0.3 is 4.90 Å². The molecule has 1 aromatic rings. The van der Waals surface area contributed by atoms with Crippen LogP contribution in [0.1, 0.15) is 48.9 Å².